The third kappa shape index (κ3) is 6.42. The highest BCUT2D eigenvalue weighted by Gasteiger charge is 2.31. The lowest BCUT2D eigenvalue weighted by Crippen LogP contribution is -3.06. The number of anilines is 1. The van der Waals surface area contributed by atoms with Crippen LogP contribution in [0.5, 0.6) is 0 Å². The van der Waals surface area contributed by atoms with Gasteiger partial charge in [0.1, 0.15) is 0 Å². The summed E-state index contributed by atoms with van der Waals surface area (Å²) in [5, 5.41) is 12.1. The normalized spacial score (nSPS) is 11.2. The molecule has 4 nitrogen and oxygen atoms in total. The van der Waals surface area contributed by atoms with E-state index in [1.54, 1.807) is 6.07 Å². The number of benzene rings is 1. The summed E-state index contributed by atoms with van der Waals surface area (Å²) in [6.07, 6.45) is -4.25. The quantitative estimate of drug-likeness (QED) is 0.766. The number of nitrogens with zero attached hydrogens (tertiary/aromatic N) is 2. The van der Waals surface area contributed by atoms with Crippen LogP contribution in [0.25, 0.3) is 0 Å². The Morgan fingerprint density at radius 1 is 1.39 bits per heavy atom. The average Bonchev–Trinajstić information content (AvgIpc) is 2.46. The van der Waals surface area contributed by atoms with Gasteiger partial charge in [-0.3, -0.25) is 0 Å². The van der Waals surface area contributed by atoms with Gasteiger partial charge in [-0.25, -0.2) is 0 Å². The number of alkyl halides is 3. The predicted octanol–water partition coefficient (Wildman–Crippen LogP) is 1.44. The third-order valence-electron chi connectivity index (χ3n) is 3.08. The summed E-state index contributed by atoms with van der Waals surface area (Å²) >= 11 is 5.27. The van der Waals surface area contributed by atoms with Crippen LogP contribution in [-0.2, 0) is 6.18 Å². The van der Waals surface area contributed by atoms with Gasteiger partial charge >= 0.3 is 6.18 Å². The summed E-state index contributed by atoms with van der Waals surface area (Å²) in [5.41, 5.74) is -0.415. The smallest absolute Gasteiger partial charge is 0.357 e. The molecule has 0 radical (unpaired) electrons. The van der Waals surface area contributed by atoms with E-state index in [0.717, 1.165) is 18.7 Å². The van der Waals surface area contributed by atoms with Crippen LogP contribution in [0.4, 0.5) is 18.9 Å². The molecule has 126 valence electrons. The van der Waals surface area contributed by atoms with Crippen LogP contribution in [0, 0.1) is 11.3 Å². The number of rotatable bonds is 6. The molecule has 0 bridgehead atoms. The number of hydrogen-bond donors (Lipinski definition) is 2. The molecule has 0 unspecified atom stereocenters. The van der Waals surface area contributed by atoms with Crippen molar-refractivity contribution in [3.8, 4) is 6.07 Å². The average molecular weight is 345 g/mol. The minimum atomic E-state index is -4.42. The van der Waals surface area contributed by atoms with E-state index in [4.69, 9.17) is 17.5 Å². The van der Waals surface area contributed by atoms with Gasteiger partial charge in [0, 0.05) is 12.2 Å². The van der Waals surface area contributed by atoms with Crippen LogP contribution < -0.4 is 15.1 Å². The second-order valence-electron chi connectivity index (χ2n) is 5.30. The van der Waals surface area contributed by atoms with Gasteiger partial charge in [0.05, 0.1) is 45.2 Å². The first-order valence-corrected chi connectivity index (χ1v) is 7.55. The molecule has 0 aliphatic rings. The Kier molecular flexibility index (Phi) is 7.26. The Labute approximate surface area is 139 Å². The van der Waals surface area contributed by atoms with Gasteiger partial charge in [-0.2, -0.15) is 18.4 Å². The van der Waals surface area contributed by atoms with E-state index in [0.29, 0.717) is 17.3 Å². The molecule has 1 rings (SSSR count). The molecule has 0 amide bonds. The molecular weight excluding hydrogens is 325 g/mol. The number of nitriles is 1. The van der Waals surface area contributed by atoms with E-state index in [1.807, 2.05) is 20.2 Å². The number of halogens is 3. The Morgan fingerprint density at radius 3 is 2.65 bits per heavy atom. The van der Waals surface area contributed by atoms with Gasteiger partial charge in [0.15, 0.2) is 5.11 Å². The molecule has 0 atom stereocenters. The van der Waals surface area contributed by atoms with E-state index in [-0.39, 0.29) is 13.0 Å². The van der Waals surface area contributed by atoms with Gasteiger partial charge in [-0.1, -0.05) is 6.07 Å². The maximum absolute atomic E-state index is 12.9. The molecule has 0 aliphatic heterocycles. The minimum absolute atomic E-state index is 0.164. The zero-order valence-electron chi connectivity index (χ0n) is 13.1. The molecule has 0 saturated heterocycles. The van der Waals surface area contributed by atoms with Crippen molar-refractivity contribution in [3.05, 3.63) is 29.8 Å². The summed E-state index contributed by atoms with van der Waals surface area (Å²) in [6.45, 7) is 1.65. The maximum atomic E-state index is 12.9. The zero-order valence-corrected chi connectivity index (χ0v) is 13.9. The van der Waals surface area contributed by atoms with Crippen molar-refractivity contribution < 1.29 is 18.1 Å². The van der Waals surface area contributed by atoms with Crippen molar-refractivity contribution in [2.24, 2.45) is 0 Å². The van der Waals surface area contributed by atoms with Crippen LogP contribution in [0.2, 0.25) is 0 Å². The minimum Gasteiger partial charge on any atom is -0.357 e. The van der Waals surface area contributed by atoms with Crippen LogP contribution in [0.1, 0.15) is 12.0 Å². The van der Waals surface area contributed by atoms with Gasteiger partial charge in [0.25, 0.3) is 0 Å². The van der Waals surface area contributed by atoms with Crippen molar-refractivity contribution in [1.82, 2.24) is 5.32 Å². The SMILES string of the molecule is C[NH+](C)CCNC(=S)N(CCC#N)c1cccc(C(F)(F)F)c1. The molecule has 0 aliphatic carbocycles. The van der Waals surface area contributed by atoms with Crippen LogP contribution >= 0.6 is 12.2 Å². The Bertz CT molecular complexity index is 567. The molecule has 0 aromatic heterocycles. The lowest BCUT2D eigenvalue weighted by Gasteiger charge is -2.26. The van der Waals surface area contributed by atoms with E-state index in [9.17, 15) is 13.2 Å². The number of quaternary nitrogens is 1. The van der Waals surface area contributed by atoms with Gasteiger partial charge in [0.2, 0.25) is 0 Å². The van der Waals surface area contributed by atoms with Gasteiger partial charge in [-0.15, -0.1) is 0 Å². The van der Waals surface area contributed by atoms with Crippen molar-refractivity contribution in [2.45, 2.75) is 12.6 Å². The Balaban J connectivity index is 2.93. The van der Waals surface area contributed by atoms with E-state index in [2.05, 4.69) is 5.32 Å². The first-order valence-electron chi connectivity index (χ1n) is 7.14. The fourth-order valence-corrected chi connectivity index (χ4v) is 2.17. The number of likely N-dealkylation sites (N-methyl/N-ethyl adjacent to an activating group) is 1. The van der Waals surface area contributed by atoms with Crippen LogP contribution in [0.15, 0.2) is 24.3 Å². The van der Waals surface area contributed by atoms with E-state index in [1.165, 1.54) is 15.9 Å². The first-order chi connectivity index (χ1) is 10.8. The Morgan fingerprint density at radius 2 is 2.09 bits per heavy atom. The molecule has 1 aromatic rings. The third-order valence-corrected chi connectivity index (χ3v) is 3.44. The van der Waals surface area contributed by atoms with Crippen LogP contribution in [0.3, 0.4) is 0 Å². The highest BCUT2D eigenvalue weighted by atomic mass is 32.1. The molecule has 0 saturated carbocycles. The van der Waals surface area contributed by atoms with E-state index < -0.39 is 11.7 Å². The number of hydrogen-bond acceptors (Lipinski definition) is 2. The van der Waals surface area contributed by atoms with Gasteiger partial charge in [-0.05, 0) is 30.4 Å². The monoisotopic (exact) mass is 345 g/mol. The predicted molar refractivity (Wildman–Crippen MR) is 87.3 cm³/mol. The molecule has 1 aromatic carbocycles. The van der Waals surface area contributed by atoms with E-state index >= 15 is 0 Å². The second kappa shape index (κ2) is 8.70. The highest BCUT2D eigenvalue weighted by molar-refractivity contribution is 7.80. The largest absolute Gasteiger partial charge is 0.416 e. The molecule has 23 heavy (non-hydrogen) atoms. The zero-order chi connectivity index (χ0) is 17.5. The summed E-state index contributed by atoms with van der Waals surface area (Å²) in [6, 6.07) is 6.93. The number of nitrogens with one attached hydrogen (secondary N) is 2. The topological polar surface area (TPSA) is 43.5 Å². The molecule has 2 N–H and O–H groups in total. The molecule has 0 spiro atoms. The lowest BCUT2D eigenvalue weighted by atomic mass is 10.2. The lowest BCUT2D eigenvalue weighted by molar-refractivity contribution is -0.856. The maximum Gasteiger partial charge on any atom is 0.416 e. The standard InChI is InChI=1S/C15H19F3N4S/c1-21(2)10-8-20-14(23)22(9-4-7-19)13-6-3-5-12(11-13)15(16,17)18/h3,5-6,11H,4,8-10H2,1-2H3,(H,20,23)/p+1. The fraction of sp³-hybridized carbons (Fsp3) is 0.467. The summed E-state index contributed by atoms with van der Waals surface area (Å²) in [7, 11) is 3.98. The molecule has 8 heteroatoms. The highest BCUT2D eigenvalue weighted by Crippen LogP contribution is 2.31. The summed E-state index contributed by atoms with van der Waals surface area (Å²) in [4.78, 5) is 2.75. The molecular formula is C15H20F3N4S+. The van der Waals surface area contributed by atoms with Crippen molar-refractivity contribution >= 4 is 23.0 Å². The Hall–Kier alpha value is -1.85. The van der Waals surface area contributed by atoms with Crippen molar-refractivity contribution in [1.29, 1.82) is 5.26 Å². The van der Waals surface area contributed by atoms with Crippen molar-refractivity contribution in [3.63, 3.8) is 0 Å². The number of thiocarbonyl (C=S) groups is 1. The molecule has 0 heterocycles. The van der Waals surface area contributed by atoms with Gasteiger partial charge < -0.3 is 15.1 Å². The fourth-order valence-electron chi connectivity index (χ4n) is 1.87. The summed E-state index contributed by atoms with van der Waals surface area (Å²) in [5.74, 6) is 0. The van der Waals surface area contributed by atoms with Crippen LogP contribution in [-0.4, -0.2) is 38.8 Å². The van der Waals surface area contributed by atoms with Crippen molar-refractivity contribution in [2.75, 3.05) is 38.6 Å². The second-order valence-corrected chi connectivity index (χ2v) is 5.68. The molecule has 0 fully saturated rings. The summed E-state index contributed by atoms with van der Waals surface area (Å²) < 4.78 is 38.6. The first kappa shape index (κ1) is 19.2.